The van der Waals surface area contributed by atoms with E-state index in [0.717, 1.165) is 12.8 Å². The number of ether oxygens (including phenoxy) is 1. The van der Waals surface area contributed by atoms with E-state index in [4.69, 9.17) is 22.1 Å². The van der Waals surface area contributed by atoms with Crippen molar-refractivity contribution >= 4 is 45.2 Å². The van der Waals surface area contributed by atoms with Crippen LogP contribution in [-0.2, 0) is 0 Å². The molecule has 0 radical (unpaired) electrons. The summed E-state index contributed by atoms with van der Waals surface area (Å²) in [6, 6.07) is 6.34. The first-order valence-corrected chi connectivity index (χ1v) is 9.91. The summed E-state index contributed by atoms with van der Waals surface area (Å²) in [4.78, 5) is 31.2. The number of carbonyl (C=O) groups is 2. The van der Waals surface area contributed by atoms with E-state index in [1.807, 2.05) is 0 Å². The van der Waals surface area contributed by atoms with Gasteiger partial charge < -0.3 is 20.7 Å². The number of hydrogen-bond acceptors (Lipinski definition) is 5. The zero-order valence-corrected chi connectivity index (χ0v) is 17.6. The van der Waals surface area contributed by atoms with Crippen LogP contribution in [0.1, 0.15) is 33.6 Å². The maximum atomic E-state index is 12.9. The number of nitrogens with two attached hydrogens (primary N) is 1. The molecule has 1 atom stereocenters. The van der Waals surface area contributed by atoms with E-state index in [2.05, 4.69) is 26.2 Å². The summed E-state index contributed by atoms with van der Waals surface area (Å²) in [5, 5.41) is 3.19. The Balaban J connectivity index is 1.68. The number of nitrogens with zero attached hydrogens (tertiary/aromatic N) is 2. The molecule has 2 aromatic rings. The molecule has 0 spiro atoms. The van der Waals surface area contributed by atoms with Gasteiger partial charge in [-0.15, -0.1) is 0 Å². The third kappa shape index (κ3) is 4.39. The number of benzene rings is 1. The van der Waals surface area contributed by atoms with Crippen LogP contribution in [0, 0.1) is 0 Å². The van der Waals surface area contributed by atoms with Gasteiger partial charge in [-0.2, -0.15) is 0 Å². The number of amides is 2. The summed E-state index contributed by atoms with van der Waals surface area (Å²) in [5.41, 5.74) is 6.54. The molecule has 2 heterocycles. The van der Waals surface area contributed by atoms with Crippen molar-refractivity contribution in [3.63, 3.8) is 0 Å². The highest BCUT2D eigenvalue weighted by molar-refractivity contribution is 9.10. The van der Waals surface area contributed by atoms with Gasteiger partial charge in [-0.25, -0.2) is 4.98 Å². The Hall–Kier alpha value is -2.32. The van der Waals surface area contributed by atoms with Crippen LogP contribution >= 0.6 is 27.5 Å². The largest absolute Gasteiger partial charge is 0.497 e. The number of methoxy groups -OCH3 is 1. The maximum absolute atomic E-state index is 12.9. The lowest BCUT2D eigenvalue weighted by molar-refractivity contribution is 0.0724. The lowest BCUT2D eigenvalue weighted by Gasteiger charge is -2.25. The third-order valence-corrected chi connectivity index (χ3v) is 5.61. The van der Waals surface area contributed by atoms with E-state index in [9.17, 15) is 9.59 Å². The van der Waals surface area contributed by atoms with Crippen molar-refractivity contribution < 1.29 is 14.3 Å². The Bertz CT molecular complexity index is 909. The number of hydrogen-bond donors (Lipinski definition) is 2. The van der Waals surface area contributed by atoms with Crippen molar-refractivity contribution in [1.29, 1.82) is 0 Å². The molecule has 1 aliphatic rings. The van der Waals surface area contributed by atoms with E-state index >= 15 is 0 Å². The van der Waals surface area contributed by atoms with E-state index in [1.54, 1.807) is 29.2 Å². The lowest BCUT2D eigenvalue weighted by Crippen LogP contribution is -2.43. The summed E-state index contributed by atoms with van der Waals surface area (Å²) in [5.74, 6) is 0.433. The molecule has 1 aromatic carbocycles. The fraction of sp³-hybridized carbons (Fsp3) is 0.316. The zero-order valence-electron chi connectivity index (χ0n) is 15.2. The van der Waals surface area contributed by atoms with Crippen molar-refractivity contribution in [2.75, 3.05) is 25.9 Å². The minimum absolute atomic E-state index is 0.102. The molecule has 0 bridgehead atoms. The molecule has 1 fully saturated rings. The monoisotopic (exact) mass is 466 g/mol. The van der Waals surface area contributed by atoms with Crippen molar-refractivity contribution in [1.82, 2.24) is 15.2 Å². The number of anilines is 1. The van der Waals surface area contributed by atoms with Crippen molar-refractivity contribution in [3.05, 3.63) is 51.1 Å². The number of carbonyl (C=O) groups excluding carboxylic acids is 2. The highest BCUT2D eigenvalue weighted by Crippen LogP contribution is 2.25. The van der Waals surface area contributed by atoms with Gasteiger partial charge in [0.15, 0.2) is 0 Å². The maximum Gasteiger partial charge on any atom is 0.255 e. The normalized spacial score (nSPS) is 16.1. The molecule has 3 N–H and O–H groups in total. The van der Waals surface area contributed by atoms with Crippen LogP contribution in [0.2, 0.25) is 5.02 Å². The third-order valence-electron chi connectivity index (χ3n) is 4.66. The first-order chi connectivity index (χ1) is 13.4. The molecular formula is C19H20BrClN4O3. The Morgan fingerprint density at radius 1 is 1.39 bits per heavy atom. The van der Waals surface area contributed by atoms with Gasteiger partial charge in [-0.3, -0.25) is 9.59 Å². The molecule has 7 nitrogen and oxygen atoms in total. The van der Waals surface area contributed by atoms with Crippen molar-refractivity contribution in [3.8, 4) is 5.75 Å². The van der Waals surface area contributed by atoms with Crippen LogP contribution in [0.3, 0.4) is 0 Å². The summed E-state index contributed by atoms with van der Waals surface area (Å²) < 4.78 is 5.68. The molecule has 2 amide bonds. The summed E-state index contributed by atoms with van der Waals surface area (Å²) in [6.45, 7) is 0.961. The van der Waals surface area contributed by atoms with Crippen LogP contribution in [0.15, 0.2) is 34.9 Å². The van der Waals surface area contributed by atoms with Gasteiger partial charge in [0, 0.05) is 29.8 Å². The van der Waals surface area contributed by atoms with Crippen LogP contribution in [-0.4, -0.2) is 47.9 Å². The molecular weight excluding hydrogens is 448 g/mol. The molecule has 28 heavy (non-hydrogen) atoms. The van der Waals surface area contributed by atoms with E-state index in [1.165, 1.54) is 13.3 Å². The van der Waals surface area contributed by atoms with Crippen molar-refractivity contribution in [2.24, 2.45) is 0 Å². The number of halogens is 2. The molecule has 1 unspecified atom stereocenters. The second-order valence-electron chi connectivity index (χ2n) is 6.44. The van der Waals surface area contributed by atoms with E-state index < -0.39 is 0 Å². The molecule has 9 heteroatoms. The fourth-order valence-electron chi connectivity index (χ4n) is 3.20. The molecule has 1 saturated heterocycles. The first kappa shape index (κ1) is 20.4. The SMILES string of the molecule is COc1ccc(C(=O)NCC2CCCN2C(=O)c2cc(N)ncc2Br)c(Cl)c1. The van der Waals surface area contributed by atoms with E-state index in [0.29, 0.717) is 39.5 Å². The van der Waals surface area contributed by atoms with Crippen LogP contribution in [0.4, 0.5) is 5.82 Å². The second kappa shape index (κ2) is 8.79. The molecule has 0 aliphatic carbocycles. The minimum atomic E-state index is -0.290. The fourth-order valence-corrected chi connectivity index (χ4v) is 3.84. The Labute approximate surface area is 176 Å². The number of nitrogen functional groups attached to an aromatic ring is 1. The predicted octanol–water partition coefficient (Wildman–Crippen LogP) is 3.12. The molecule has 0 saturated carbocycles. The van der Waals surface area contributed by atoms with Gasteiger partial charge in [0.05, 0.1) is 23.3 Å². The predicted molar refractivity (Wildman–Crippen MR) is 111 cm³/mol. The Morgan fingerprint density at radius 3 is 2.89 bits per heavy atom. The summed E-state index contributed by atoms with van der Waals surface area (Å²) >= 11 is 9.51. The average molecular weight is 468 g/mol. The van der Waals surface area contributed by atoms with Gasteiger partial charge in [-0.05, 0) is 53.0 Å². The minimum Gasteiger partial charge on any atom is -0.497 e. The molecule has 1 aromatic heterocycles. The number of nitrogens with one attached hydrogen (secondary N) is 1. The van der Waals surface area contributed by atoms with Gasteiger partial charge in [0.1, 0.15) is 11.6 Å². The van der Waals surface area contributed by atoms with Crippen LogP contribution in [0.25, 0.3) is 0 Å². The van der Waals surface area contributed by atoms with Crippen molar-refractivity contribution in [2.45, 2.75) is 18.9 Å². The van der Waals surface area contributed by atoms with Crippen LogP contribution < -0.4 is 15.8 Å². The smallest absolute Gasteiger partial charge is 0.255 e. The molecule has 1 aliphatic heterocycles. The summed E-state index contributed by atoms with van der Waals surface area (Å²) in [7, 11) is 1.53. The van der Waals surface area contributed by atoms with Gasteiger partial charge in [0.25, 0.3) is 11.8 Å². The Kier molecular flexibility index (Phi) is 6.41. The van der Waals surface area contributed by atoms with Gasteiger partial charge in [-0.1, -0.05) is 11.6 Å². The number of rotatable bonds is 5. The Morgan fingerprint density at radius 2 is 2.18 bits per heavy atom. The first-order valence-electron chi connectivity index (χ1n) is 8.74. The van der Waals surface area contributed by atoms with Gasteiger partial charge >= 0.3 is 0 Å². The molecule has 148 valence electrons. The zero-order chi connectivity index (χ0) is 20.3. The lowest BCUT2D eigenvalue weighted by atomic mass is 10.1. The molecule has 3 rings (SSSR count). The standard InChI is InChI=1S/C19H20BrClN4O3/c1-28-12-4-5-13(16(21)7-12)18(26)24-9-11-3-2-6-25(11)19(27)14-8-17(22)23-10-15(14)20/h4-5,7-8,10-11H,2-3,6,9H2,1H3,(H2,22,23)(H,24,26). The average Bonchev–Trinajstić information content (AvgIpc) is 3.15. The highest BCUT2D eigenvalue weighted by Gasteiger charge is 2.31. The topological polar surface area (TPSA) is 97.5 Å². The number of aromatic nitrogens is 1. The van der Waals surface area contributed by atoms with E-state index in [-0.39, 0.29) is 23.7 Å². The summed E-state index contributed by atoms with van der Waals surface area (Å²) in [6.07, 6.45) is 3.19. The van der Waals surface area contributed by atoms with Gasteiger partial charge in [0.2, 0.25) is 0 Å². The highest BCUT2D eigenvalue weighted by atomic mass is 79.9. The van der Waals surface area contributed by atoms with Crippen LogP contribution in [0.5, 0.6) is 5.75 Å². The quantitative estimate of drug-likeness (QED) is 0.704. The number of likely N-dealkylation sites (tertiary alicyclic amines) is 1. The number of pyridine rings is 1. The second-order valence-corrected chi connectivity index (χ2v) is 7.70.